The minimum atomic E-state index is -3.35. The molecule has 0 saturated carbocycles. The molecule has 1 aliphatic rings. The zero-order valence-corrected chi connectivity index (χ0v) is 16.6. The number of ether oxygens (including phenoxy) is 1. The summed E-state index contributed by atoms with van der Waals surface area (Å²) in [5.74, 6) is 1.10. The lowest BCUT2D eigenvalue weighted by atomic mass is 10.1. The lowest BCUT2D eigenvalue weighted by molar-refractivity contribution is 0.0729. The van der Waals surface area contributed by atoms with Crippen LogP contribution in [0.2, 0.25) is 0 Å². The van der Waals surface area contributed by atoms with Crippen molar-refractivity contribution in [3.63, 3.8) is 0 Å². The summed E-state index contributed by atoms with van der Waals surface area (Å²) in [5, 5.41) is 4.01. The second-order valence-electron chi connectivity index (χ2n) is 6.50. The lowest BCUT2D eigenvalue weighted by Gasteiger charge is -2.26. The molecule has 0 radical (unpaired) electrons. The third-order valence-corrected chi connectivity index (χ3v) is 6.72. The van der Waals surface area contributed by atoms with E-state index < -0.39 is 10.0 Å². The van der Waals surface area contributed by atoms with Gasteiger partial charge < -0.3 is 10.1 Å². The van der Waals surface area contributed by atoms with Crippen LogP contribution in [0, 0.1) is 0 Å². The highest BCUT2D eigenvalue weighted by Gasteiger charge is 2.25. The standard InChI is InChI=1S/C17H24N4O3S2/c1-13(2)16-19-17(25-20-16)18-11-14-5-3-4-6-15(14)12-26(22,23)21-7-9-24-10-8-21/h3-6,13H,7-12H2,1-2H3,(H,18,19,20). The van der Waals surface area contributed by atoms with Crippen molar-refractivity contribution < 1.29 is 13.2 Å². The lowest BCUT2D eigenvalue weighted by Crippen LogP contribution is -2.41. The summed E-state index contributed by atoms with van der Waals surface area (Å²) in [6.45, 7) is 6.38. The van der Waals surface area contributed by atoms with Gasteiger partial charge >= 0.3 is 0 Å². The Bertz CT molecular complexity index is 830. The highest BCUT2D eigenvalue weighted by Crippen LogP contribution is 2.20. The molecular formula is C17H24N4O3S2. The van der Waals surface area contributed by atoms with Crippen LogP contribution in [0.5, 0.6) is 0 Å². The van der Waals surface area contributed by atoms with E-state index >= 15 is 0 Å². The Morgan fingerprint density at radius 1 is 1.23 bits per heavy atom. The Hall–Kier alpha value is -1.55. The molecule has 0 atom stereocenters. The fourth-order valence-corrected chi connectivity index (χ4v) is 4.96. The van der Waals surface area contributed by atoms with Crippen LogP contribution >= 0.6 is 11.5 Å². The number of sulfonamides is 1. The van der Waals surface area contributed by atoms with Crippen LogP contribution in [0.4, 0.5) is 5.13 Å². The van der Waals surface area contributed by atoms with Crippen molar-refractivity contribution >= 4 is 26.7 Å². The molecular weight excluding hydrogens is 372 g/mol. The van der Waals surface area contributed by atoms with E-state index in [1.807, 2.05) is 24.3 Å². The second-order valence-corrected chi connectivity index (χ2v) is 9.22. The van der Waals surface area contributed by atoms with Crippen LogP contribution in [0.3, 0.4) is 0 Å². The van der Waals surface area contributed by atoms with Crippen LogP contribution in [0.15, 0.2) is 24.3 Å². The molecule has 2 aromatic rings. The largest absolute Gasteiger partial charge is 0.379 e. The average Bonchev–Trinajstić information content (AvgIpc) is 3.11. The predicted octanol–water partition coefficient (Wildman–Crippen LogP) is 2.44. The molecule has 1 aliphatic heterocycles. The number of benzene rings is 1. The first-order valence-corrected chi connectivity index (χ1v) is 11.0. The molecule has 0 unspecified atom stereocenters. The average molecular weight is 397 g/mol. The second kappa shape index (κ2) is 8.43. The molecule has 0 bridgehead atoms. The van der Waals surface area contributed by atoms with Gasteiger partial charge in [-0.05, 0) is 11.1 Å². The predicted molar refractivity (Wildman–Crippen MR) is 103 cm³/mol. The van der Waals surface area contributed by atoms with E-state index in [1.165, 1.54) is 15.8 Å². The van der Waals surface area contributed by atoms with E-state index in [4.69, 9.17) is 4.74 Å². The molecule has 26 heavy (non-hydrogen) atoms. The summed E-state index contributed by atoms with van der Waals surface area (Å²) in [7, 11) is -3.35. The van der Waals surface area contributed by atoms with Crippen LogP contribution in [0.25, 0.3) is 0 Å². The maximum absolute atomic E-state index is 12.7. The van der Waals surface area contributed by atoms with Crippen molar-refractivity contribution in [1.82, 2.24) is 13.7 Å². The fraction of sp³-hybridized carbons (Fsp3) is 0.529. The van der Waals surface area contributed by atoms with Crippen molar-refractivity contribution in [3.05, 3.63) is 41.2 Å². The van der Waals surface area contributed by atoms with Crippen molar-refractivity contribution in [2.24, 2.45) is 0 Å². The molecule has 1 aromatic heterocycles. The number of hydrogen-bond donors (Lipinski definition) is 1. The molecule has 7 nitrogen and oxygen atoms in total. The van der Waals surface area contributed by atoms with Gasteiger partial charge in [0.25, 0.3) is 0 Å². The first kappa shape index (κ1) is 19.2. The monoisotopic (exact) mass is 396 g/mol. The summed E-state index contributed by atoms with van der Waals surface area (Å²) >= 11 is 1.33. The minimum Gasteiger partial charge on any atom is -0.379 e. The summed E-state index contributed by atoms with van der Waals surface area (Å²) in [4.78, 5) is 4.46. The maximum Gasteiger partial charge on any atom is 0.218 e. The Kier molecular flexibility index (Phi) is 6.23. The van der Waals surface area contributed by atoms with Gasteiger partial charge in [0.1, 0.15) is 5.82 Å². The molecule has 1 saturated heterocycles. The first-order chi connectivity index (χ1) is 12.5. The van der Waals surface area contributed by atoms with E-state index in [0.29, 0.717) is 32.8 Å². The van der Waals surface area contributed by atoms with Gasteiger partial charge in [0.05, 0.1) is 19.0 Å². The molecule has 2 heterocycles. The number of hydrogen-bond acceptors (Lipinski definition) is 7. The van der Waals surface area contributed by atoms with E-state index in [9.17, 15) is 8.42 Å². The Morgan fingerprint density at radius 2 is 1.92 bits per heavy atom. The van der Waals surface area contributed by atoms with Gasteiger partial charge in [-0.1, -0.05) is 38.1 Å². The molecule has 1 fully saturated rings. The molecule has 0 amide bonds. The fourth-order valence-electron chi connectivity index (χ4n) is 2.70. The number of morpholine rings is 1. The summed E-state index contributed by atoms with van der Waals surface area (Å²) in [5.41, 5.74) is 1.76. The summed E-state index contributed by atoms with van der Waals surface area (Å²) in [6, 6.07) is 7.60. The molecule has 0 spiro atoms. The Morgan fingerprint density at radius 3 is 2.58 bits per heavy atom. The van der Waals surface area contributed by atoms with Gasteiger partial charge in [-0.3, -0.25) is 0 Å². The number of anilines is 1. The molecule has 3 rings (SSSR count). The quantitative estimate of drug-likeness (QED) is 0.774. The molecule has 142 valence electrons. The Balaban J connectivity index is 1.69. The number of aromatic nitrogens is 2. The van der Waals surface area contributed by atoms with E-state index in [0.717, 1.165) is 22.1 Å². The van der Waals surface area contributed by atoms with Crippen molar-refractivity contribution in [2.45, 2.75) is 32.1 Å². The number of nitrogens with one attached hydrogen (secondary N) is 1. The number of rotatable bonds is 7. The highest BCUT2D eigenvalue weighted by atomic mass is 32.2. The zero-order valence-electron chi connectivity index (χ0n) is 15.0. The first-order valence-electron chi connectivity index (χ1n) is 8.65. The topological polar surface area (TPSA) is 84.4 Å². The third kappa shape index (κ3) is 4.79. The van der Waals surface area contributed by atoms with Gasteiger partial charge in [0.15, 0.2) is 0 Å². The van der Waals surface area contributed by atoms with E-state index in [1.54, 1.807) is 0 Å². The molecule has 1 N–H and O–H groups in total. The molecule has 1 aromatic carbocycles. The van der Waals surface area contributed by atoms with Crippen LogP contribution < -0.4 is 5.32 Å². The Labute approximate surface area is 158 Å². The van der Waals surface area contributed by atoms with E-state index in [2.05, 4.69) is 28.5 Å². The van der Waals surface area contributed by atoms with Gasteiger partial charge in [-0.2, -0.15) is 8.68 Å². The van der Waals surface area contributed by atoms with Gasteiger partial charge in [0, 0.05) is 37.1 Å². The summed E-state index contributed by atoms with van der Waals surface area (Å²) < 4.78 is 36.5. The normalized spacial score (nSPS) is 16.1. The smallest absolute Gasteiger partial charge is 0.218 e. The van der Waals surface area contributed by atoms with Crippen molar-refractivity contribution in [1.29, 1.82) is 0 Å². The maximum atomic E-state index is 12.7. The molecule has 0 aliphatic carbocycles. The SMILES string of the molecule is CC(C)c1nsc(NCc2ccccc2CS(=O)(=O)N2CCOCC2)n1. The zero-order chi connectivity index (χ0) is 18.6. The summed E-state index contributed by atoms with van der Waals surface area (Å²) in [6.07, 6.45) is 0. The third-order valence-electron chi connectivity index (χ3n) is 4.21. The van der Waals surface area contributed by atoms with Gasteiger partial charge in [-0.25, -0.2) is 13.4 Å². The minimum absolute atomic E-state index is 0.00177. The van der Waals surface area contributed by atoms with Gasteiger partial charge in [0.2, 0.25) is 15.2 Å². The van der Waals surface area contributed by atoms with Crippen LogP contribution in [-0.4, -0.2) is 48.4 Å². The van der Waals surface area contributed by atoms with Crippen molar-refractivity contribution in [3.8, 4) is 0 Å². The van der Waals surface area contributed by atoms with Gasteiger partial charge in [-0.15, -0.1) is 0 Å². The van der Waals surface area contributed by atoms with E-state index in [-0.39, 0.29) is 11.7 Å². The van der Waals surface area contributed by atoms with Crippen LogP contribution in [-0.2, 0) is 27.1 Å². The van der Waals surface area contributed by atoms with Crippen molar-refractivity contribution in [2.75, 3.05) is 31.6 Å². The van der Waals surface area contributed by atoms with Crippen LogP contribution in [0.1, 0.15) is 36.7 Å². The highest BCUT2D eigenvalue weighted by molar-refractivity contribution is 7.88. The molecule has 9 heteroatoms. The number of nitrogens with zero attached hydrogens (tertiary/aromatic N) is 3.